The van der Waals surface area contributed by atoms with Gasteiger partial charge in [-0.25, -0.2) is 0 Å². The number of carbonyl (C=O) groups excluding carboxylic acids is 1. The van der Waals surface area contributed by atoms with Crippen LogP contribution in [-0.2, 0) is 11.2 Å². The lowest BCUT2D eigenvalue weighted by Crippen LogP contribution is -2.23. The minimum atomic E-state index is 0.215. The Bertz CT molecular complexity index is 406. The van der Waals surface area contributed by atoms with E-state index in [0.29, 0.717) is 18.2 Å². The summed E-state index contributed by atoms with van der Waals surface area (Å²) in [6, 6.07) is 2.47. The van der Waals surface area contributed by atoms with Crippen molar-refractivity contribution in [2.24, 2.45) is 0 Å². The Balaban J connectivity index is 1.93. The average Bonchev–Trinajstić information content (AvgIpc) is 2.89. The number of Topliss-reactive ketones (excluding diaryl/α,β-unsaturated/α-hetero) is 1. The molecule has 1 fully saturated rings. The normalized spacial score (nSPS) is 19.8. The summed E-state index contributed by atoms with van der Waals surface area (Å²) in [7, 11) is 0. The van der Waals surface area contributed by atoms with Crippen LogP contribution in [0.5, 0.6) is 0 Å². The van der Waals surface area contributed by atoms with Gasteiger partial charge in [0.05, 0.1) is 23.4 Å². The molecule has 0 aromatic carbocycles. The zero-order valence-electron chi connectivity index (χ0n) is 12.0. The van der Waals surface area contributed by atoms with Gasteiger partial charge in [0.15, 0.2) is 5.78 Å². The van der Waals surface area contributed by atoms with E-state index in [1.54, 1.807) is 0 Å². The van der Waals surface area contributed by atoms with Crippen LogP contribution in [0.25, 0.3) is 0 Å². The van der Waals surface area contributed by atoms with Crippen LogP contribution < -0.4 is 0 Å². The quantitative estimate of drug-likeness (QED) is 0.798. The number of ketones is 1. The number of nitrogens with zero attached hydrogens (tertiary/aromatic N) is 2. The molecule has 1 aliphatic heterocycles. The molecular formula is C15H24N2OS. The molecule has 4 heteroatoms. The second kappa shape index (κ2) is 7.13. The molecule has 0 saturated carbocycles. The third kappa shape index (κ3) is 3.85. The molecule has 0 amide bonds. The van der Waals surface area contributed by atoms with E-state index in [-0.39, 0.29) is 5.25 Å². The summed E-state index contributed by atoms with van der Waals surface area (Å²) in [5, 5.41) is 4.79. The van der Waals surface area contributed by atoms with Gasteiger partial charge < -0.3 is 0 Å². The van der Waals surface area contributed by atoms with E-state index in [1.165, 1.54) is 12.8 Å². The van der Waals surface area contributed by atoms with Gasteiger partial charge in [-0.3, -0.25) is 9.48 Å². The van der Waals surface area contributed by atoms with E-state index in [2.05, 4.69) is 18.9 Å². The van der Waals surface area contributed by atoms with Crippen LogP contribution >= 0.6 is 11.8 Å². The van der Waals surface area contributed by atoms with Crippen molar-refractivity contribution in [1.82, 2.24) is 9.78 Å². The van der Waals surface area contributed by atoms with E-state index >= 15 is 0 Å². The lowest BCUT2D eigenvalue weighted by Gasteiger charge is -2.19. The first-order chi connectivity index (χ1) is 9.24. The van der Waals surface area contributed by atoms with Crippen molar-refractivity contribution in [3.8, 4) is 0 Å². The summed E-state index contributed by atoms with van der Waals surface area (Å²) in [6.07, 6.45) is 8.22. The first-order valence-corrected chi connectivity index (χ1v) is 8.47. The van der Waals surface area contributed by atoms with Gasteiger partial charge in [-0.1, -0.05) is 20.3 Å². The molecule has 1 aromatic heterocycles. The monoisotopic (exact) mass is 280 g/mol. The van der Waals surface area contributed by atoms with Crippen LogP contribution in [0.4, 0.5) is 0 Å². The molecule has 0 bridgehead atoms. The molecule has 2 heterocycles. The van der Waals surface area contributed by atoms with Gasteiger partial charge in [-0.2, -0.15) is 16.9 Å². The van der Waals surface area contributed by atoms with Crippen molar-refractivity contribution in [2.75, 3.05) is 5.75 Å². The topological polar surface area (TPSA) is 34.9 Å². The summed E-state index contributed by atoms with van der Waals surface area (Å²) in [5.74, 6) is 1.50. The van der Waals surface area contributed by atoms with Gasteiger partial charge in [-0.05, 0) is 37.5 Å². The maximum Gasteiger partial charge on any atom is 0.151 e. The predicted octanol–water partition coefficient (Wildman–Crippen LogP) is 3.64. The maximum atomic E-state index is 12.2. The zero-order valence-corrected chi connectivity index (χ0v) is 12.8. The van der Waals surface area contributed by atoms with Crippen molar-refractivity contribution >= 4 is 17.5 Å². The molecule has 0 radical (unpaired) electrons. The van der Waals surface area contributed by atoms with Crippen LogP contribution in [-0.4, -0.2) is 26.6 Å². The van der Waals surface area contributed by atoms with Gasteiger partial charge in [-0.15, -0.1) is 0 Å². The highest BCUT2D eigenvalue weighted by Crippen LogP contribution is 2.26. The van der Waals surface area contributed by atoms with Crippen molar-refractivity contribution in [1.29, 1.82) is 0 Å². The van der Waals surface area contributed by atoms with Crippen LogP contribution in [0.2, 0.25) is 0 Å². The Labute approximate surface area is 120 Å². The van der Waals surface area contributed by atoms with Crippen LogP contribution in [0.3, 0.4) is 0 Å². The Kier molecular flexibility index (Phi) is 5.49. The second-order valence-corrected chi connectivity index (χ2v) is 6.57. The minimum absolute atomic E-state index is 0.215. The van der Waals surface area contributed by atoms with Crippen molar-refractivity contribution < 1.29 is 4.79 Å². The standard InChI is InChI=1S/C15H24N2OS/c1-3-13(4-2)17-9-8-12(16-17)11-14(18)15-7-5-6-10-19-15/h8-9,13,15H,3-7,10-11H2,1-2H3. The van der Waals surface area contributed by atoms with Gasteiger partial charge >= 0.3 is 0 Å². The first-order valence-electron chi connectivity index (χ1n) is 7.43. The highest BCUT2D eigenvalue weighted by Gasteiger charge is 2.22. The number of hydrogen-bond acceptors (Lipinski definition) is 3. The fraction of sp³-hybridized carbons (Fsp3) is 0.733. The van der Waals surface area contributed by atoms with Gasteiger partial charge in [0.25, 0.3) is 0 Å². The maximum absolute atomic E-state index is 12.2. The van der Waals surface area contributed by atoms with Gasteiger partial charge in [0.2, 0.25) is 0 Å². The summed E-state index contributed by atoms with van der Waals surface area (Å²) in [4.78, 5) is 12.2. The van der Waals surface area contributed by atoms with Gasteiger partial charge in [0.1, 0.15) is 0 Å². The molecule has 0 N–H and O–H groups in total. The lowest BCUT2D eigenvalue weighted by molar-refractivity contribution is -0.118. The van der Waals surface area contributed by atoms with E-state index in [0.717, 1.165) is 30.7 Å². The molecule has 2 rings (SSSR count). The Morgan fingerprint density at radius 2 is 2.26 bits per heavy atom. The Morgan fingerprint density at radius 3 is 2.89 bits per heavy atom. The summed E-state index contributed by atoms with van der Waals surface area (Å²) >= 11 is 1.83. The van der Waals surface area contributed by atoms with Crippen molar-refractivity contribution in [2.45, 2.75) is 63.7 Å². The van der Waals surface area contributed by atoms with Crippen molar-refractivity contribution in [3.05, 3.63) is 18.0 Å². The molecule has 1 aliphatic rings. The van der Waals surface area contributed by atoms with E-state index in [4.69, 9.17) is 0 Å². The third-order valence-electron chi connectivity index (χ3n) is 3.87. The number of aromatic nitrogens is 2. The van der Waals surface area contributed by atoms with Crippen molar-refractivity contribution in [3.63, 3.8) is 0 Å². The molecule has 1 unspecified atom stereocenters. The first kappa shape index (κ1) is 14.6. The second-order valence-electron chi connectivity index (χ2n) is 5.26. The molecule has 1 saturated heterocycles. The largest absolute Gasteiger partial charge is 0.298 e. The van der Waals surface area contributed by atoms with Gasteiger partial charge in [0, 0.05) is 6.20 Å². The van der Waals surface area contributed by atoms with Crippen LogP contribution in [0, 0.1) is 0 Å². The molecule has 0 aliphatic carbocycles. The number of thioether (sulfide) groups is 1. The van der Waals surface area contributed by atoms with Crippen LogP contribution in [0.15, 0.2) is 12.3 Å². The van der Waals surface area contributed by atoms with E-state index in [9.17, 15) is 4.79 Å². The predicted molar refractivity (Wildman–Crippen MR) is 80.7 cm³/mol. The molecule has 3 nitrogen and oxygen atoms in total. The fourth-order valence-corrected chi connectivity index (χ4v) is 3.88. The minimum Gasteiger partial charge on any atom is -0.298 e. The summed E-state index contributed by atoms with van der Waals surface area (Å²) in [6.45, 7) is 4.36. The number of hydrogen-bond donors (Lipinski definition) is 0. The molecule has 0 spiro atoms. The highest BCUT2D eigenvalue weighted by atomic mass is 32.2. The van der Waals surface area contributed by atoms with E-state index < -0.39 is 0 Å². The average molecular weight is 280 g/mol. The Morgan fingerprint density at radius 1 is 1.47 bits per heavy atom. The van der Waals surface area contributed by atoms with Crippen LogP contribution in [0.1, 0.15) is 57.7 Å². The van der Waals surface area contributed by atoms with E-state index in [1.807, 2.05) is 28.7 Å². The molecular weight excluding hydrogens is 256 g/mol. The summed E-state index contributed by atoms with van der Waals surface area (Å²) in [5.41, 5.74) is 0.933. The molecule has 19 heavy (non-hydrogen) atoms. The lowest BCUT2D eigenvalue weighted by atomic mass is 10.1. The highest BCUT2D eigenvalue weighted by molar-refractivity contribution is 8.00. The Hall–Kier alpha value is -0.770. The number of rotatable bonds is 6. The molecule has 1 atom stereocenters. The third-order valence-corrected chi connectivity index (χ3v) is 5.30. The zero-order chi connectivity index (χ0) is 13.7. The molecule has 1 aromatic rings. The smallest absolute Gasteiger partial charge is 0.151 e. The number of carbonyl (C=O) groups is 1. The molecule has 106 valence electrons. The SMILES string of the molecule is CCC(CC)n1ccc(CC(=O)C2CCCCS2)n1. The summed E-state index contributed by atoms with van der Waals surface area (Å²) < 4.78 is 2.02. The fourth-order valence-electron chi connectivity index (χ4n) is 2.62.